The number of nitrogens with zero attached hydrogens (tertiary/aromatic N) is 2. The Morgan fingerprint density at radius 2 is 2.24 bits per heavy atom. The molecule has 0 atom stereocenters. The molecule has 0 spiro atoms. The van der Waals surface area contributed by atoms with Gasteiger partial charge in [0.05, 0.1) is 0 Å². The van der Waals surface area contributed by atoms with Gasteiger partial charge in [-0.25, -0.2) is 0 Å². The van der Waals surface area contributed by atoms with Crippen LogP contribution in [0.4, 0.5) is 0 Å². The molecule has 1 aromatic carbocycles. The summed E-state index contributed by atoms with van der Waals surface area (Å²) in [4.78, 5) is 0. The molecule has 5 heteroatoms. The van der Waals surface area contributed by atoms with Crippen molar-refractivity contribution < 1.29 is 5.11 Å². The van der Waals surface area contributed by atoms with E-state index in [1.807, 2.05) is 6.07 Å². The molecule has 0 fully saturated rings. The molecule has 2 aromatic rings. The number of benzene rings is 1. The summed E-state index contributed by atoms with van der Waals surface area (Å²) in [5, 5.41) is 22.7. The fourth-order valence-electron chi connectivity index (χ4n) is 1.45. The second-order valence-corrected chi connectivity index (χ2v) is 4.79. The van der Waals surface area contributed by atoms with Gasteiger partial charge in [0.15, 0.2) is 0 Å². The first-order valence-electron chi connectivity index (χ1n) is 5.62. The van der Waals surface area contributed by atoms with E-state index in [9.17, 15) is 5.11 Å². The minimum absolute atomic E-state index is 0.253. The predicted octanol–water partition coefficient (Wildman–Crippen LogP) is 2.41. The van der Waals surface area contributed by atoms with Crippen molar-refractivity contribution >= 4 is 11.3 Å². The molecule has 0 saturated heterocycles. The average Bonchev–Trinajstić information content (AvgIpc) is 2.78. The van der Waals surface area contributed by atoms with Gasteiger partial charge in [-0.3, -0.25) is 0 Å². The zero-order valence-electron chi connectivity index (χ0n) is 9.68. The van der Waals surface area contributed by atoms with E-state index in [1.54, 1.807) is 29.5 Å². The van der Waals surface area contributed by atoms with Crippen molar-refractivity contribution in [3.8, 4) is 16.3 Å². The van der Waals surface area contributed by atoms with Crippen molar-refractivity contribution in [3.05, 3.63) is 29.3 Å². The van der Waals surface area contributed by atoms with Crippen LogP contribution in [0.1, 0.15) is 18.4 Å². The third kappa shape index (κ3) is 3.25. The summed E-state index contributed by atoms with van der Waals surface area (Å²) in [5.41, 5.74) is 0.907. The fraction of sp³-hybridized carbons (Fsp3) is 0.333. The summed E-state index contributed by atoms with van der Waals surface area (Å²) < 4.78 is 0. The third-order valence-electron chi connectivity index (χ3n) is 2.26. The number of nitrogens with one attached hydrogen (secondary N) is 1. The Hall–Kier alpha value is -1.46. The summed E-state index contributed by atoms with van der Waals surface area (Å²) in [6.07, 6.45) is 1.11. The van der Waals surface area contributed by atoms with E-state index in [-0.39, 0.29) is 5.75 Å². The Kier molecular flexibility index (Phi) is 4.06. The lowest BCUT2D eigenvalue weighted by molar-refractivity contribution is 0.475. The summed E-state index contributed by atoms with van der Waals surface area (Å²) in [6.45, 7) is 3.87. The van der Waals surface area contributed by atoms with Crippen molar-refractivity contribution in [2.24, 2.45) is 0 Å². The van der Waals surface area contributed by atoms with Crippen LogP contribution in [0, 0.1) is 0 Å². The first-order chi connectivity index (χ1) is 8.29. The maximum atomic E-state index is 9.40. The molecule has 0 unspecified atom stereocenters. The highest BCUT2D eigenvalue weighted by atomic mass is 32.1. The summed E-state index contributed by atoms with van der Waals surface area (Å²) in [7, 11) is 0. The molecular formula is C12H15N3OS. The van der Waals surface area contributed by atoms with Gasteiger partial charge < -0.3 is 10.4 Å². The highest BCUT2D eigenvalue weighted by Crippen LogP contribution is 2.25. The molecular weight excluding hydrogens is 234 g/mol. The highest BCUT2D eigenvalue weighted by Gasteiger charge is 2.06. The quantitative estimate of drug-likeness (QED) is 0.799. The molecule has 17 heavy (non-hydrogen) atoms. The van der Waals surface area contributed by atoms with Gasteiger partial charge in [0.2, 0.25) is 0 Å². The number of rotatable bonds is 5. The maximum Gasteiger partial charge on any atom is 0.147 e. The van der Waals surface area contributed by atoms with E-state index in [4.69, 9.17) is 0 Å². The number of aromatic nitrogens is 2. The number of phenolic OH excluding ortho intramolecular Hbond substituents is 1. The normalized spacial score (nSPS) is 10.6. The van der Waals surface area contributed by atoms with Crippen molar-refractivity contribution in [1.29, 1.82) is 0 Å². The Balaban J connectivity index is 2.07. The van der Waals surface area contributed by atoms with Crippen LogP contribution in [0.2, 0.25) is 0 Å². The van der Waals surface area contributed by atoms with Crippen LogP contribution >= 0.6 is 11.3 Å². The highest BCUT2D eigenvalue weighted by molar-refractivity contribution is 7.14. The summed E-state index contributed by atoms with van der Waals surface area (Å²) >= 11 is 1.55. The summed E-state index contributed by atoms with van der Waals surface area (Å²) in [6, 6.07) is 7.07. The van der Waals surface area contributed by atoms with Gasteiger partial charge in [0.25, 0.3) is 0 Å². The molecule has 0 bridgehead atoms. The van der Waals surface area contributed by atoms with Gasteiger partial charge >= 0.3 is 0 Å². The minimum atomic E-state index is 0.253. The number of phenols is 1. The van der Waals surface area contributed by atoms with Crippen LogP contribution in [0.25, 0.3) is 10.6 Å². The standard InChI is InChI=1S/C12H15N3OS/c1-2-6-13-8-11-14-15-12(17-11)9-4-3-5-10(16)7-9/h3-5,7,13,16H,2,6,8H2,1H3. The lowest BCUT2D eigenvalue weighted by atomic mass is 10.2. The van der Waals surface area contributed by atoms with E-state index >= 15 is 0 Å². The SMILES string of the molecule is CCCNCc1nnc(-c2cccc(O)c2)s1. The zero-order valence-corrected chi connectivity index (χ0v) is 10.5. The van der Waals surface area contributed by atoms with E-state index in [2.05, 4.69) is 22.4 Å². The Morgan fingerprint density at radius 3 is 3.00 bits per heavy atom. The zero-order chi connectivity index (χ0) is 12.1. The topological polar surface area (TPSA) is 58.0 Å². The van der Waals surface area contributed by atoms with E-state index < -0.39 is 0 Å². The molecule has 2 rings (SSSR count). The van der Waals surface area contributed by atoms with Crippen molar-refractivity contribution in [3.63, 3.8) is 0 Å². The van der Waals surface area contributed by atoms with E-state index in [1.165, 1.54) is 0 Å². The van der Waals surface area contributed by atoms with E-state index in [0.29, 0.717) is 0 Å². The molecule has 1 aromatic heterocycles. The van der Waals surface area contributed by atoms with E-state index in [0.717, 1.165) is 35.1 Å². The average molecular weight is 249 g/mol. The predicted molar refractivity (Wildman–Crippen MR) is 69.0 cm³/mol. The van der Waals surface area contributed by atoms with Crippen LogP contribution in [0.15, 0.2) is 24.3 Å². The van der Waals surface area contributed by atoms with Crippen LogP contribution in [0.3, 0.4) is 0 Å². The molecule has 1 heterocycles. The number of hydrogen-bond donors (Lipinski definition) is 2. The second kappa shape index (κ2) is 5.75. The number of hydrogen-bond acceptors (Lipinski definition) is 5. The molecule has 0 amide bonds. The van der Waals surface area contributed by atoms with Gasteiger partial charge in [-0.05, 0) is 25.1 Å². The minimum Gasteiger partial charge on any atom is -0.508 e. The largest absolute Gasteiger partial charge is 0.508 e. The van der Waals surface area contributed by atoms with Gasteiger partial charge in [-0.15, -0.1) is 10.2 Å². The van der Waals surface area contributed by atoms with Crippen molar-refractivity contribution in [2.75, 3.05) is 6.54 Å². The Morgan fingerprint density at radius 1 is 1.35 bits per heavy atom. The van der Waals surface area contributed by atoms with Crippen LogP contribution in [-0.2, 0) is 6.54 Å². The van der Waals surface area contributed by atoms with Gasteiger partial charge in [0.1, 0.15) is 15.8 Å². The van der Waals surface area contributed by atoms with Gasteiger partial charge in [-0.1, -0.05) is 30.4 Å². The van der Waals surface area contributed by atoms with Gasteiger partial charge in [0, 0.05) is 12.1 Å². The molecule has 4 nitrogen and oxygen atoms in total. The maximum absolute atomic E-state index is 9.40. The Bertz CT molecular complexity index is 484. The molecule has 0 aliphatic rings. The Labute approximate surface area is 104 Å². The third-order valence-corrected chi connectivity index (χ3v) is 3.24. The fourth-order valence-corrected chi connectivity index (χ4v) is 2.26. The molecule has 0 saturated carbocycles. The van der Waals surface area contributed by atoms with Crippen LogP contribution in [-0.4, -0.2) is 21.8 Å². The molecule has 0 radical (unpaired) electrons. The molecule has 90 valence electrons. The second-order valence-electron chi connectivity index (χ2n) is 3.73. The van der Waals surface area contributed by atoms with Crippen LogP contribution < -0.4 is 5.32 Å². The molecule has 2 N–H and O–H groups in total. The smallest absolute Gasteiger partial charge is 0.147 e. The lowest BCUT2D eigenvalue weighted by Gasteiger charge is -1.97. The summed E-state index contributed by atoms with van der Waals surface area (Å²) in [5.74, 6) is 0.253. The molecule has 0 aliphatic heterocycles. The lowest BCUT2D eigenvalue weighted by Crippen LogP contribution is -2.13. The monoisotopic (exact) mass is 249 g/mol. The number of aromatic hydroxyl groups is 1. The van der Waals surface area contributed by atoms with Crippen LogP contribution in [0.5, 0.6) is 5.75 Å². The van der Waals surface area contributed by atoms with Crippen molar-refractivity contribution in [2.45, 2.75) is 19.9 Å². The first-order valence-corrected chi connectivity index (χ1v) is 6.43. The molecule has 0 aliphatic carbocycles. The van der Waals surface area contributed by atoms with Gasteiger partial charge in [-0.2, -0.15) is 0 Å². The van der Waals surface area contributed by atoms with Crippen molar-refractivity contribution in [1.82, 2.24) is 15.5 Å². The first kappa shape index (κ1) is 12.0.